The van der Waals surface area contributed by atoms with Crippen LogP contribution in [0.2, 0.25) is 0 Å². The molecular weight excluding hydrogens is 466 g/mol. The van der Waals surface area contributed by atoms with Crippen LogP contribution < -0.4 is 9.47 Å². The van der Waals surface area contributed by atoms with Gasteiger partial charge in [-0.1, -0.05) is 34.9 Å². The third kappa shape index (κ3) is 6.02. The number of nitrogens with zero attached hydrogens (tertiary/aromatic N) is 2. The lowest BCUT2D eigenvalue weighted by molar-refractivity contribution is 0.101. The van der Waals surface area contributed by atoms with Crippen LogP contribution in [-0.2, 0) is 0 Å². The molecule has 162 valence electrons. The van der Waals surface area contributed by atoms with Gasteiger partial charge in [0.25, 0.3) is 0 Å². The van der Waals surface area contributed by atoms with Gasteiger partial charge in [0.2, 0.25) is 0 Å². The van der Waals surface area contributed by atoms with Gasteiger partial charge in [0.05, 0.1) is 36.9 Å². The van der Waals surface area contributed by atoms with Crippen LogP contribution in [0.25, 0.3) is 0 Å². The number of hydrogen-bond donors (Lipinski definition) is 0. The van der Waals surface area contributed by atoms with Crippen LogP contribution in [0.4, 0.5) is 8.78 Å². The highest BCUT2D eigenvalue weighted by molar-refractivity contribution is 8.03. The molecule has 0 radical (unpaired) electrons. The number of Topliss-reactive ketones (excluding diaryl/α,β-unsaturated/α-hetero) is 2. The van der Waals surface area contributed by atoms with Crippen molar-refractivity contribution < 1.29 is 27.8 Å². The van der Waals surface area contributed by atoms with Crippen LogP contribution in [0.3, 0.4) is 0 Å². The van der Waals surface area contributed by atoms with Crippen molar-refractivity contribution in [3.63, 3.8) is 0 Å². The first kappa shape index (κ1) is 23.2. The molecule has 11 heteroatoms. The molecule has 0 aliphatic carbocycles. The van der Waals surface area contributed by atoms with Gasteiger partial charge >= 0.3 is 0 Å². The number of rotatable bonds is 10. The Hall–Kier alpha value is -2.50. The molecule has 0 spiro atoms. The lowest BCUT2D eigenvalue weighted by Gasteiger charge is -2.07. The van der Waals surface area contributed by atoms with E-state index in [1.54, 1.807) is 0 Å². The summed E-state index contributed by atoms with van der Waals surface area (Å²) in [6.07, 6.45) is 0. The lowest BCUT2D eigenvalue weighted by atomic mass is 10.1. The van der Waals surface area contributed by atoms with Crippen molar-refractivity contribution in [1.29, 1.82) is 0 Å². The smallest absolute Gasteiger partial charge is 0.176 e. The van der Waals surface area contributed by atoms with Gasteiger partial charge in [0.1, 0.15) is 23.1 Å². The van der Waals surface area contributed by atoms with E-state index >= 15 is 0 Å². The predicted octanol–water partition coefficient (Wildman–Crippen LogP) is 4.78. The molecule has 0 saturated carbocycles. The monoisotopic (exact) mass is 482 g/mol. The fourth-order valence-corrected chi connectivity index (χ4v) is 5.31. The molecule has 31 heavy (non-hydrogen) atoms. The van der Waals surface area contributed by atoms with Gasteiger partial charge in [-0.2, -0.15) is 0 Å². The molecular formula is C20H16F2N2O4S3. The number of benzene rings is 2. The van der Waals surface area contributed by atoms with Crippen LogP contribution in [0.5, 0.6) is 11.5 Å². The number of hydrogen-bond acceptors (Lipinski definition) is 9. The van der Waals surface area contributed by atoms with Gasteiger partial charge in [-0.15, -0.1) is 10.2 Å². The summed E-state index contributed by atoms with van der Waals surface area (Å²) in [4.78, 5) is 24.8. The third-order valence-corrected chi connectivity index (χ3v) is 7.16. The largest absolute Gasteiger partial charge is 0.496 e. The summed E-state index contributed by atoms with van der Waals surface area (Å²) in [6, 6.07) is 7.51. The number of methoxy groups -OCH3 is 2. The minimum Gasteiger partial charge on any atom is -0.496 e. The Morgan fingerprint density at radius 1 is 0.839 bits per heavy atom. The van der Waals surface area contributed by atoms with Crippen molar-refractivity contribution in [1.82, 2.24) is 10.2 Å². The number of halogens is 2. The summed E-state index contributed by atoms with van der Waals surface area (Å²) in [5, 5.41) is 8.00. The van der Waals surface area contributed by atoms with Crippen LogP contribution in [0, 0.1) is 11.6 Å². The van der Waals surface area contributed by atoms with E-state index in [4.69, 9.17) is 9.47 Å². The number of ether oxygens (including phenoxy) is 2. The number of thioether (sulfide) groups is 2. The molecule has 0 amide bonds. The molecule has 0 unspecified atom stereocenters. The van der Waals surface area contributed by atoms with Gasteiger partial charge in [0.15, 0.2) is 20.2 Å². The predicted molar refractivity (Wildman–Crippen MR) is 116 cm³/mol. The Morgan fingerprint density at radius 3 is 1.65 bits per heavy atom. The van der Waals surface area contributed by atoms with Gasteiger partial charge in [-0.05, 0) is 36.4 Å². The molecule has 0 N–H and O–H groups in total. The molecule has 0 fully saturated rings. The van der Waals surface area contributed by atoms with E-state index in [1.165, 1.54) is 49.8 Å². The van der Waals surface area contributed by atoms with Crippen molar-refractivity contribution in [2.75, 3.05) is 25.7 Å². The average molecular weight is 483 g/mol. The van der Waals surface area contributed by atoms with Crippen molar-refractivity contribution in [2.24, 2.45) is 0 Å². The molecule has 0 atom stereocenters. The molecule has 0 aliphatic heterocycles. The molecule has 1 aromatic heterocycles. The fourth-order valence-electron chi connectivity index (χ4n) is 2.52. The Kier molecular flexibility index (Phi) is 7.99. The number of aromatic nitrogens is 2. The van der Waals surface area contributed by atoms with Gasteiger partial charge in [0, 0.05) is 0 Å². The summed E-state index contributed by atoms with van der Waals surface area (Å²) in [5.41, 5.74) is 0.313. The van der Waals surface area contributed by atoms with E-state index < -0.39 is 11.6 Å². The number of ketones is 2. The lowest BCUT2D eigenvalue weighted by Crippen LogP contribution is -2.05. The van der Waals surface area contributed by atoms with Crippen LogP contribution in [-0.4, -0.2) is 47.5 Å². The topological polar surface area (TPSA) is 78.4 Å². The van der Waals surface area contributed by atoms with Crippen molar-refractivity contribution >= 4 is 46.4 Å². The van der Waals surface area contributed by atoms with Crippen LogP contribution >= 0.6 is 34.9 Å². The zero-order valence-electron chi connectivity index (χ0n) is 16.4. The molecule has 0 bridgehead atoms. The van der Waals surface area contributed by atoms with Gasteiger partial charge in [-0.3, -0.25) is 9.59 Å². The second kappa shape index (κ2) is 10.7. The van der Waals surface area contributed by atoms with Crippen molar-refractivity contribution in [3.8, 4) is 11.5 Å². The maximum Gasteiger partial charge on any atom is 0.176 e. The van der Waals surface area contributed by atoms with E-state index in [0.29, 0.717) is 20.2 Å². The Morgan fingerprint density at radius 2 is 1.26 bits per heavy atom. The third-order valence-electron chi connectivity index (χ3n) is 3.97. The second-order valence-electron chi connectivity index (χ2n) is 5.95. The fraction of sp³-hybridized carbons (Fsp3) is 0.200. The maximum absolute atomic E-state index is 13.5. The highest BCUT2D eigenvalue weighted by Gasteiger charge is 2.17. The average Bonchev–Trinajstić information content (AvgIpc) is 3.23. The molecule has 0 saturated heterocycles. The van der Waals surface area contributed by atoms with E-state index in [2.05, 4.69) is 10.2 Å². The summed E-state index contributed by atoms with van der Waals surface area (Å²) in [5.74, 6) is -1.01. The molecule has 6 nitrogen and oxygen atoms in total. The number of carbonyl (C=O) groups is 2. The second-order valence-corrected chi connectivity index (χ2v) is 9.37. The Bertz CT molecular complexity index is 1020. The maximum atomic E-state index is 13.5. The highest BCUT2D eigenvalue weighted by Crippen LogP contribution is 2.31. The van der Waals surface area contributed by atoms with E-state index in [-0.39, 0.29) is 34.2 Å². The van der Waals surface area contributed by atoms with Gasteiger partial charge < -0.3 is 9.47 Å². The molecule has 1 heterocycles. The Balaban J connectivity index is 1.57. The van der Waals surface area contributed by atoms with Crippen LogP contribution in [0.1, 0.15) is 20.7 Å². The first-order valence-electron chi connectivity index (χ1n) is 8.74. The van der Waals surface area contributed by atoms with Gasteiger partial charge in [-0.25, -0.2) is 8.78 Å². The highest BCUT2D eigenvalue weighted by atomic mass is 32.2. The zero-order chi connectivity index (χ0) is 22.4. The SMILES string of the molecule is COc1ccc(F)cc1C(=O)CSc1nnc(SCC(=O)c2cc(F)ccc2OC)s1. The van der Waals surface area contributed by atoms with Crippen molar-refractivity contribution in [2.45, 2.75) is 8.68 Å². The van der Waals surface area contributed by atoms with E-state index in [0.717, 1.165) is 35.7 Å². The first-order chi connectivity index (χ1) is 14.9. The number of carbonyl (C=O) groups excluding carboxylic acids is 2. The summed E-state index contributed by atoms with van der Waals surface area (Å²) < 4.78 is 38.2. The van der Waals surface area contributed by atoms with E-state index in [1.807, 2.05) is 0 Å². The minimum absolute atomic E-state index is 0.0263. The minimum atomic E-state index is -0.525. The molecule has 3 aromatic rings. The molecule has 3 rings (SSSR count). The zero-order valence-corrected chi connectivity index (χ0v) is 18.8. The normalized spacial score (nSPS) is 10.7. The van der Waals surface area contributed by atoms with Crippen molar-refractivity contribution in [3.05, 3.63) is 59.2 Å². The summed E-state index contributed by atoms with van der Waals surface area (Å²) in [6.45, 7) is 0. The summed E-state index contributed by atoms with van der Waals surface area (Å²) >= 11 is 3.54. The summed E-state index contributed by atoms with van der Waals surface area (Å²) in [7, 11) is 2.82. The molecule has 0 aliphatic rings. The van der Waals surface area contributed by atoms with Crippen LogP contribution in [0.15, 0.2) is 45.1 Å². The standard InChI is InChI=1S/C20H16F2N2O4S3/c1-27-17-5-3-11(21)7-13(17)15(25)9-29-19-23-24-20(31-19)30-10-16(26)14-8-12(22)4-6-18(14)28-2/h3-8H,9-10H2,1-2H3. The Labute approximate surface area is 189 Å². The first-order valence-corrected chi connectivity index (χ1v) is 11.5. The quantitative estimate of drug-likeness (QED) is 0.302. The van der Waals surface area contributed by atoms with E-state index in [9.17, 15) is 18.4 Å². The molecule has 2 aromatic carbocycles.